The van der Waals surface area contributed by atoms with Gasteiger partial charge in [0.15, 0.2) is 0 Å². The van der Waals surface area contributed by atoms with Crippen LogP contribution in [-0.2, 0) is 7.59 Å². The smallest absolute Gasteiger partial charge is 0.0784 e. The summed E-state index contributed by atoms with van der Waals surface area (Å²) in [5.74, 6) is 0. The number of benzene rings is 1. The normalized spacial score (nSPS) is 13.0. The molecular weight excluding hydrogens is 309 g/mol. The highest BCUT2D eigenvalue weighted by atomic mass is 35.6. The van der Waals surface area contributed by atoms with Crippen molar-refractivity contribution in [2.75, 3.05) is 0 Å². The van der Waals surface area contributed by atoms with E-state index in [1.165, 1.54) is 0 Å². The average molecular weight is 313 g/mol. The van der Waals surface area contributed by atoms with Crippen LogP contribution in [0.15, 0.2) is 24.3 Å². The topological polar surface area (TPSA) is 0 Å². The molecular formula is C8H4Cl6. The third-order valence-electron chi connectivity index (χ3n) is 1.54. The molecule has 1 aromatic carbocycles. The Morgan fingerprint density at radius 1 is 0.643 bits per heavy atom. The third-order valence-corrected chi connectivity index (χ3v) is 2.76. The zero-order chi connectivity index (χ0) is 11.0. The lowest BCUT2D eigenvalue weighted by molar-refractivity contribution is 1.11. The molecule has 0 heterocycles. The Morgan fingerprint density at radius 2 is 0.929 bits per heavy atom. The maximum atomic E-state index is 5.72. The van der Waals surface area contributed by atoms with Gasteiger partial charge in [0.1, 0.15) is 0 Å². The minimum Gasteiger partial charge on any atom is -0.0784 e. The largest absolute Gasteiger partial charge is 0.216 e. The Bertz CT molecular complexity index is 288. The predicted octanol–water partition coefficient (Wildman–Crippen LogP) is 5.34. The van der Waals surface area contributed by atoms with Gasteiger partial charge in [0, 0.05) is 11.1 Å². The highest BCUT2D eigenvalue weighted by Gasteiger charge is 2.33. The molecule has 1 aromatic rings. The van der Waals surface area contributed by atoms with Gasteiger partial charge in [-0.3, -0.25) is 0 Å². The SMILES string of the molecule is ClC(Cl)(Cl)c1ccccc1C(Cl)(Cl)Cl. The predicted molar refractivity (Wildman–Crippen MR) is 64.9 cm³/mol. The fourth-order valence-electron chi connectivity index (χ4n) is 0.978. The lowest BCUT2D eigenvalue weighted by Crippen LogP contribution is -2.11. The Balaban J connectivity index is 3.31. The summed E-state index contributed by atoms with van der Waals surface area (Å²) in [6.45, 7) is 0. The van der Waals surface area contributed by atoms with E-state index in [-0.39, 0.29) is 0 Å². The third kappa shape index (κ3) is 3.23. The zero-order valence-electron chi connectivity index (χ0n) is 6.58. The molecule has 14 heavy (non-hydrogen) atoms. The first-order valence-corrected chi connectivity index (χ1v) is 5.73. The van der Waals surface area contributed by atoms with E-state index in [1.54, 1.807) is 24.3 Å². The molecule has 0 radical (unpaired) electrons. The molecule has 0 aromatic heterocycles. The van der Waals surface area contributed by atoms with Crippen molar-refractivity contribution in [2.24, 2.45) is 0 Å². The minimum atomic E-state index is -1.60. The van der Waals surface area contributed by atoms with Crippen molar-refractivity contribution < 1.29 is 0 Å². The maximum Gasteiger partial charge on any atom is 0.216 e. The molecule has 0 saturated heterocycles. The number of alkyl halides is 6. The van der Waals surface area contributed by atoms with Gasteiger partial charge in [0.05, 0.1) is 0 Å². The molecule has 0 spiro atoms. The summed E-state index contributed by atoms with van der Waals surface area (Å²) < 4.78 is -3.19. The van der Waals surface area contributed by atoms with Crippen LogP contribution < -0.4 is 0 Å². The summed E-state index contributed by atoms with van der Waals surface area (Å²) in [7, 11) is 0. The molecule has 0 aliphatic carbocycles. The molecule has 0 aliphatic heterocycles. The van der Waals surface area contributed by atoms with E-state index in [1.807, 2.05) is 0 Å². The van der Waals surface area contributed by atoms with Gasteiger partial charge in [-0.2, -0.15) is 0 Å². The van der Waals surface area contributed by atoms with Crippen molar-refractivity contribution in [3.8, 4) is 0 Å². The van der Waals surface area contributed by atoms with E-state index in [4.69, 9.17) is 69.6 Å². The van der Waals surface area contributed by atoms with Crippen LogP contribution in [-0.4, -0.2) is 0 Å². The van der Waals surface area contributed by atoms with Gasteiger partial charge < -0.3 is 0 Å². The lowest BCUT2D eigenvalue weighted by Gasteiger charge is -2.20. The molecule has 0 unspecified atom stereocenters. The van der Waals surface area contributed by atoms with Crippen LogP contribution >= 0.6 is 69.6 Å². The van der Waals surface area contributed by atoms with E-state index in [0.29, 0.717) is 11.1 Å². The fraction of sp³-hybridized carbons (Fsp3) is 0.250. The van der Waals surface area contributed by atoms with Gasteiger partial charge in [0.2, 0.25) is 7.59 Å². The second kappa shape index (κ2) is 4.45. The van der Waals surface area contributed by atoms with E-state index in [0.717, 1.165) is 0 Å². The van der Waals surface area contributed by atoms with Crippen molar-refractivity contribution in [3.63, 3.8) is 0 Å². The number of halogens is 6. The molecule has 0 saturated carbocycles. The molecule has 0 nitrogen and oxygen atoms in total. The number of rotatable bonds is 0. The summed E-state index contributed by atoms with van der Waals surface area (Å²) >= 11 is 34.3. The van der Waals surface area contributed by atoms with Crippen molar-refractivity contribution in [1.29, 1.82) is 0 Å². The molecule has 78 valence electrons. The second-order valence-electron chi connectivity index (χ2n) is 2.54. The molecule has 0 N–H and O–H groups in total. The standard InChI is InChI=1S/C8H4Cl6/c9-7(10,11)5-3-1-2-4-6(5)8(12,13)14/h1-4H. The molecule has 0 bridgehead atoms. The van der Waals surface area contributed by atoms with Crippen LogP contribution in [0.2, 0.25) is 0 Å². The van der Waals surface area contributed by atoms with Crippen molar-refractivity contribution in [1.82, 2.24) is 0 Å². The summed E-state index contributed by atoms with van der Waals surface area (Å²) in [6.07, 6.45) is 0. The van der Waals surface area contributed by atoms with Gasteiger partial charge >= 0.3 is 0 Å². The minimum absolute atomic E-state index is 0.366. The van der Waals surface area contributed by atoms with Crippen molar-refractivity contribution >= 4 is 69.6 Å². The Hall–Kier alpha value is 0.960. The Kier molecular flexibility index (Phi) is 4.14. The first-order chi connectivity index (χ1) is 6.23. The fourth-order valence-corrected chi connectivity index (χ4v) is 1.97. The van der Waals surface area contributed by atoms with E-state index < -0.39 is 7.59 Å². The van der Waals surface area contributed by atoms with Gasteiger partial charge in [0.25, 0.3) is 0 Å². The lowest BCUT2D eigenvalue weighted by atomic mass is 10.1. The zero-order valence-corrected chi connectivity index (χ0v) is 11.1. The van der Waals surface area contributed by atoms with Crippen LogP contribution in [0.4, 0.5) is 0 Å². The summed E-state index contributed by atoms with van der Waals surface area (Å²) in [5.41, 5.74) is 0.731. The van der Waals surface area contributed by atoms with E-state index in [9.17, 15) is 0 Å². The first-order valence-electron chi connectivity index (χ1n) is 3.46. The van der Waals surface area contributed by atoms with E-state index in [2.05, 4.69) is 0 Å². The van der Waals surface area contributed by atoms with Crippen LogP contribution in [0.25, 0.3) is 0 Å². The van der Waals surface area contributed by atoms with Crippen LogP contribution in [0.1, 0.15) is 11.1 Å². The van der Waals surface area contributed by atoms with Crippen molar-refractivity contribution in [3.05, 3.63) is 35.4 Å². The molecule has 1 rings (SSSR count). The molecule has 0 aliphatic rings. The van der Waals surface area contributed by atoms with Gasteiger partial charge in [-0.25, -0.2) is 0 Å². The van der Waals surface area contributed by atoms with Crippen LogP contribution in [0.5, 0.6) is 0 Å². The number of hydrogen-bond acceptors (Lipinski definition) is 0. The van der Waals surface area contributed by atoms with Gasteiger partial charge in [-0.05, 0) is 0 Å². The Labute approximate surface area is 112 Å². The highest BCUT2D eigenvalue weighted by molar-refractivity contribution is 6.69. The Morgan fingerprint density at radius 3 is 1.14 bits per heavy atom. The van der Waals surface area contributed by atoms with E-state index >= 15 is 0 Å². The highest BCUT2D eigenvalue weighted by Crippen LogP contribution is 2.47. The summed E-state index contributed by atoms with van der Waals surface area (Å²) in [6, 6.07) is 6.61. The van der Waals surface area contributed by atoms with Crippen molar-refractivity contribution in [2.45, 2.75) is 7.59 Å². The number of hydrogen-bond donors (Lipinski definition) is 0. The first kappa shape index (κ1) is 13.0. The molecule has 6 heteroatoms. The summed E-state index contributed by atoms with van der Waals surface area (Å²) in [5, 5.41) is 0. The van der Waals surface area contributed by atoms with Gasteiger partial charge in [-0.1, -0.05) is 93.9 Å². The molecule has 0 atom stereocenters. The monoisotopic (exact) mass is 310 g/mol. The summed E-state index contributed by atoms with van der Waals surface area (Å²) in [4.78, 5) is 0. The molecule has 0 amide bonds. The maximum absolute atomic E-state index is 5.72. The average Bonchev–Trinajstić information content (AvgIpc) is 2.01. The quantitative estimate of drug-likeness (QED) is 0.567. The van der Waals surface area contributed by atoms with Crippen LogP contribution in [0, 0.1) is 0 Å². The second-order valence-corrected chi connectivity index (χ2v) is 7.10. The van der Waals surface area contributed by atoms with Gasteiger partial charge in [-0.15, -0.1) is 0 Å². The molecule has 0 fully saturated rings. The van der Waals surface area contributed by atoms with Crippen LogP contribution in [0.3, 0.4) is 0 Å².